The van der Waals surface area contributed by atoms with Crippen LogP contribution < -0.4 is 5.32 Å². The van der Waals surface area contributed by atoms with Crippen molar-refractivity contribution in [2.75, 3.05) is 5.32 Å². The number of fused-ring (bicyclic) bond motifs is 1. The quantitative estimate of drug-likeness (QED) is 0.321. The molecule has 0 radical (unpaired) electrons. The molecule has 0 fully saturated rings. The van der Waals surface area contributed by atoms with E-state index >= 15 is 0 Å². The van der Waals surface area contributed by atoms with Gasteiger partial charge >= 0.3 is 0 Å². The van der Waals surface area contributed by atoms with Gasteiger partial charge in [-0.25, -0.2) is 22.7 Å². The van der Waals surface area contributed by atoms with E-state index in [0.29, 0.717) is 5.56 Å². The summed E-state index contributed by atoms with van der Waals surface area (Å²) in [5.41, 5.74) is -1.11. The van der Waals surface area contributed by atoms with Crippen molar-refractivity contribution < 1.29 is 22.9 Å². The number of nitrogens with one attached hydrogen (secondary N) is 1. The van der Waals surface area contributed by atoms with Gasteiger partial charge in [0.1, 0.15) is 22.8 Å². The summed E-state index contributed by atoms with van der Waals surface area (Å²) < 4.78 is 41.4. The van der Waals surface area contributed by atoms with E-state index in [1.165, 1.54) is 24.3 Å². The molecular formula is C20H11ClF3N5O3. The zero-order chi connectivity index (χ0) is 23.0. The largest absolute Gasteiger partial charge is 0.316 e. The molecule has 0 aliphatic rings. The van der Waals surface area contributed by atoms with Gasteiger partial charge < -0.3 is 5.32 Å². The van der Waals surface area contributed by atoms with Crippen LogP contribution in [0.4, 0.5) is 24.5 Å². The maximum absolute atomic E-state index is 13.7. The predicted octanol–water partition coefficient (Wildman–Crippen LogP) is 5.29. The summed E-state index contributed by atoms with van der Waals surface area (Å²) in [6.07, 6.45) is -1.92. The van der Waals surface area contributed by atoms with E-state index in [2.05, 4.69) is 15.4 Å². The Bertz CT molecular complexity index is 1360. The zero-order valence-electron chi connectivity index (χ0n) is 15.8. The Morgan fingerprint density at radius 2 is 1.88 bits per heavy atom. The van der Waals surface area contributed by atoms with Crippen LogP contribution in [0.15, 0.2) is 54.7 Å². The second-order valence-corrected chi connectivity index (χ2v) is 6.98. The van der Waals surface area contributed by atoms with Crippen molar-refractivity contribution in [3.8, 4) is 11.3 Å². The van der Waals surface area contributed by atoms with E-state index in [-0.39, 0.29) is 27.6 Å². The summed E-state index contributed by atoms with van der Waals surface area (Å²) >= 11 is 5.77. The van der Waals surface area contributed by atoms with E-state index in [9.17, 15) is 28.1 Å². The number of hydrogen-bond acceptors (Lipinski definition) is 5. The molecule has 12 heteroatoms. The van der Waals surface area contributed by atoms with Crippen LogP contribution in [0.25, 0.3) is 16.9 Å². The number of carbonyl (C=O) groups is 1. The molecule has 1 N–H and O–H groups in total. The molecule has 0 saturated carbocycles. The van der Waals surface area contributed by atoms with Gasteiger partial charge in [-0.15, -0.1) is 0 Å². The molecule has 0 spiro atoms. The number of amides is 1. The van der Waals surface area contributed by atoms with Crippen molar-refractivity contribution in [3.05, 3.63) is 86.9 Å². The van der Waals surface area contributed by atoms with Gasteiger partial charge in [0.15, 0.2) is 5.65 Å². The SMILES string of the molecule is O=C(Nc1ccc(Cl)cc1[N+](=O)[O-])c1cnn2c(C(F)F)cc(-c3ccc(F)cc3)nc12. The summed E-state index contributed by atoms with van der Waals surface area (Å²) in [5.74, 6) is -1.37. The third kappa shape index (κ3) is 3.97. The highest BCUT2D eigenvalue weighted by atomic mass is 35.5. The maximum atomic E-state index is 13.7. The molecule has 0 atom stereocenters. The average molecular weight is 462 g/mol. The number of anilines is 1. The Balaban J connectivity index is 1.81. The van der Waals surface area contributed by atoms with Crippen LogP contribution in [0.1, 0.15) is 22.5 Å². The number of carbonyl (C=O) groups excluding carboxylic acids is 1. The molecule has 32 heavy (non-hydrogen) atoms. The number of rotatable bonds is 5. The number of hydrogen-bond donors (Lipinski definition) is 1. The first kappa shape index (κ1) is 21.2. The smallest absolute Gasteiger partial charge is 0.294 e. The highest BCUT2D eigenvalue weighted by Crippen LogP contribution is 2.30. The van der Waals surface area contributed by atoms with Crippen molar-refractivity contribution in [1.82, 2.24) is 14.6 Å². The van der Waals surface area contributed by atoms with Gasteiger partial charge in [0.25, 0.3) is 18.0 Å². The van der Waals surface area contributed by atoms with Gasteiger partial charge in [0.05, 0.1) is 16.8 Å². The lowest BCUT2D eigenvalue weighted by Gasteiger charge is -2.09. The van der Waals surface area contributed by atoms with Gasteiger partial charge in [-0.2, -0.15) is 5.10 Å². The van der Waals surface area contributed by atoms with Gasteiger partial charge in [-0.05, 0) is 42.5 Å². The van der Waals surface area contributed by atoms with Gasteiger partial charge in [0, 0.05) is 16.7 Å². The molecule has 0 saturated heterocycles. The van der Waals surface area contributed by atoms with Crippen molar-refractivity contribution >= 4 is 34.5 Å². The van der Waals surface area contributed by atoms with Crippen LogP contribution in [-0.4, -0.2) is 25.4 Å². The number of benzene rings is 2. The molecule has 4 rings (SSSR count). The molecule has 2 aromatic heterocycles. The normalized spacial score (nSPS) is 11.2. The highest BCUT2D eigenvalue weighted by molar-refractivity contribution is 6.31. The summed E-state index contributed by atoms with van der Waals surface area (Å²) in [4.78, 5) is 27.6. The van der Waals surface area contributed by atoms with E-state index in [0.717, 1.165) is 35.0 Å². The van der Waals surface area contributed by atoms with Crippen LogP contribution in [-0.2, 0) is 0 Å². The summed E-state index contributed by atoms with van der Waals surface area (Å²) in [7, 11) is 0. The van der Waals surface area contributed by atoms with E-state index in [1.54, 1.807) is 0 Å². The fourth-order valence-electron chi connectivity index (χ4n) is 3.02. The minimum atomic E-state index is -2.95. The van der Waals surface area contributed by atoms with E-state index in [1.807, 2.05) is 0 Å². The number of aromatic nitrogens is 3. The van der Waals surface area contributed by atoms with Crippen LogP contribution in [0.2, 0.25) is 5.02 Å². The van der Waals surface area contributed by atoms with Crippen molar-refractivity contribution in [2.45, 2.75) is 6.43 Å². The average Bonchev–Trinajstić information content (AvgIpc) is 3.18. The Morgan fingerprint density at radius 3 is 2.53 bits per heavy atom. The Labute approximate surface area is 182 Å². The summed E-state index contributed by atoms with van der Waals surface area (Å²) in [6, 6.07) is 9.75. The lowest BCUT2D eigenvalue weighted by molar-refractivity contribution is -0.383. The Hall–Kier alpha value is -3.99. The predicted molar refractivity (Wildman–Crippen MR) is 109 cm³/mol. The van der Waals surface area contributed by atoms with Gasteiger partial charge in [0.2, 0.25) is 0 Å². The lowest BCUT2D eigenvalue weighted by atomic mass is 10.1. The topological polar surface area (TPSA) is 102 Å². The van der Waals surface area contributed by atoms with Crippen LogP contribution in [0.3, 0.4) is 0 Å². The van der Waals surface area contributed by atoms with Crippen molar-refractivity contribution in [2.24, 2.45) is 0 Å². The maximum Gasteiger partial charge on any atom is 0.294 e. The zero-order valence-corrected chi connectivity index (χ0v) is 16.6. The molecule has 8 nitrogen and oxygen atoms in total. The molecule has 0 aliphatic carbocycles. The molecular weight excluding hydrogens is 451 g/mol. The third-order valence-corrected chi connectivity index (χ3v) is 4.75. The summed E-state index contributed by atoms with van der Waals surface area (Å²) in [5, 5.41) is 17.5. The second-order valence-electron chi connectivity index (χ2n) is 6.54. The van der Waals surface area contributed by atoms with Crippen LogP contribution in [0.5, 0.6) is 0 Å². The molecule has 4 aromatic rings. The lowest BCUT2D eigenvalue weighted by Crippen LogP contribution is -2.14. The number of nitrogens with zero attached hydrogens (tertiary/aromatic N) is 4. The fraction of sp³-hybridized carbons (Fsp3) is 0.0500. The van der Waals surface area contributed by atoms with Crippen molar-refractivity contribution in [1.29, 1.82) is 0 Å². The molecule has 0 aliphatic heterocycles. The van der Waals surface area contributed by atoms with Gasteiger partial charge in [-0.3, -0.25) is 14.9 Å². The minimum absolute atomic E-state index is 0.0693. The fourth-order valence-corrected chi connectivity index (χ4v) is 3.19. The van der Waals surface area contributed by atoms with Gasteiger partial charge in [-0.1, -0.05) is 11.6 Å². The molecule has 0 unspecified atom stereocenters. The van der Waals surface area contributed by atoms with Crippen LogP contribution >= 0.6 is 11.6 Å². The molecule has 2 heterocycles. The highest BCUT2D eigenvalue weighted by Gasteiger charge is 2.23. The molecule has 1 amide bonds. The molecule has 0 bridgehead atoms. The first-order chi connectivity index (χ1) is 15.2. The standard InChI is InChI=1S/C20H11ClF3N5O3/c21-11-3-6-14(16(7-11)29(31)32)27-20(30)13-9-25-28-17(18(23)24)8-15(26-19(13)28)10-1-4-12(22)5-2-10/h1-9,18H,(H,27,30). The molecule has 162 valence electrons. The minimum Gasteiger partial charge on any atom is -0.316 e. The first-order valence-electron chi connectivity index (χ1n) is 8.92. The van der Waals surface area contributed by atoms with E-state index < -0.39 is 34.5 Å². The third-order valence-electron chi connectivity index (χ3n) is 4.51. The van der Waals surface area contributed by atoms with Crippen molar-refractivity contribution in [3.63, 3.8) is 0 Å². The van der Waals surface area contributed by atoms with E-state index in [4.69, 9.17) is 11.6 Å². The second kappa shape index (κ2) is 8.27. The molecule has 2 aromatic carbocycles. The monoisotopic (exact) mass is 461 g/mol. The summed E-state index contributed by atoms with van der Waals surface area (Å²) in [6.45, 7) is 0. The van der Waals surface area contributed by atoms with Crippen LogP contribution in [0, 0.1) is 15.9 Å². The number of nitro groups is 1. The Morgan fingerprint density at radius 1 is 1.16 bits per heavy atom. The number of halogens is 4. The first-order valence-corrected chi connectivity index (χ1v) is 9.30. The Kier molecular flexibility index (Phi) is 5.49. The number of nitro benzene ring substituents is 1. The number of alkyl halides is 2.